The van der Waals surface area contributed by atoms with Gasteiger partial charge in [0, 0.05) is 26.1 Å². The van der Waals surface area contributed by atoms with E-state index in [-0.39, 0.29) is 18.1 Å². The Hall–Kier alpha value is -0.610. The largest absolute Gasteiger partial charge is 0.380 e. The Morgan fingerprint density at radius 2 is 1.95 bits per heavy atom. The van der Waals surface area contributed by atoms with Gasteiger partial charge in [0.2, 0.25) is 5.91 Å². The van der Waals surface area contributed by atoms with Gasteiger partial charge in [-0.25, -0.2) is 0 Å². The third-order valence-electron chi connectivity index (χ3n) is 4.03. The number of ether oxygens (including phenoxy) is 1. The molecular formula is C15H30N2O2. The Morgan fingerprint density at radius 3 is 2.47 bits per heavy atom. The summed E-state index contributed by atoms with van der Waals surface area (Å²) in [6, 6.07) is 0.248. The molecule has 4 nitrogen and oxygen atoms in total. The van der Waals surface area contributed by atoms with E-state index in [0.29, 0.717) is 13.0 Å². The predicted octanol–water partition coefficient (Wildman–Crippen LogP) is 2.04. The van der Waals surface area contributed by atoms with Gasteiger partial charge in [-0.05, 0) is 59.0 Å². The molecule has 1 atom stereocenters. The van der Waals surface area contributed by atoms with Crippen LogP contribution < -0.4 is 5.32 Å². The zero-order valence-electron chi connectivity index (χ0n) is 12.9. The van der Waals surface area contributed by atoms with Crippen molar-refractivity contribution >= 4 is 5.91 Å². The van der Waals surface area contributed by atoms with Gasteiger partial charge in [0.15, 0.2) is 0 Å². The van der Waals surface area contributed by atoms with Crippen molar-refractivity contribution in [3.8, 4) is 0 Å². The summed E-state index contributed by atoms with van der Waals surface area (Å²) in [5, 5.41) is 3.37. The number of rotatable bonds is 7. The highest BCUT2D eigenvalue weighted by atomic mass is 16.5. The van der Waals surface area contributed by atoms with Gasteiger partial charge in [-0.3, -0.25) is 4.79 Å². The molecule has 1 aliphatic heterocycles. The van der Waals surface area contributed by atoms with Crippen LogP contribution in [0.4, 0.5) is 0 Å². The van der Waals surface area contributed by atoms with Crippen molar-refractivity contribution in [1.29, 1.82) is 0 Å². The van der Waals surface area contributed by atoms with Gasteiger partial charge >= 0.3 is 0 Å². The van der Waals surface area contributed by atoms with Crippen molar-refractivity contribution in [3.63, 3.8) is 0 Å². The number of piperidine rings is 1. The maximum atomic E-state index is 12.3. The van der Waals surface area contributed by atoms with Crippen LogP contribution in [0.5, 0.6) is 0 Å². The van der Waals surface area contributed by atoms with Crippen LogP contribution in [0.2, 0.25) is 0 Å². The summed E-state index contributed by atoms with van der Waals surface area (Å²) in [5.74, 6) is 0.997. The van der Waals surface area contributed by atoms with Crippen molar-refractivity contribution in [1.82, 2.24) is 10.2 Å². The summed E-state index contributed by atoms with van der Waals surface area (Å²) in [4.78, 5) is 14.3. The number of carbonyl (C=O) groups excluding carboxylic acids is 1. The lowest BCUT2D eigenvalue weighted by atomic mass is 9.93. The average Bonchev–Trinajstić information content (AvgIpc) is 2.42. The number of nitrogens with zero attached hydrogens (tertiary/aromatic N) is 1. The molecule has 1 heterocycles. The second kappa shape index (κ2) is 8.54. The molecule has 1 unspecified atom stereocenters. The van der Waals surface area contributed by atoms with Crippen LogP contribution in [0.15, 0.2) is 0 Å². The van der Waals surface area contributed by atoms with Gasteiger partial charge in [0.1, 0.15) is 0 Å². The highest BCUT2D eigenvalue weighted by Crippen LogP contribution is 2.19. The van der Waals surface area contributed by atoms with Crippen molar-refractivity contribution in [3.05, 3.63) is 0 Å². The monoisotopic (exact) mass is 270 g/mol. The van der Waals surface area contributed by atoms with Crippen molar-refractivity contribution in [2.24, 2.45) is 5.92 Å². The molecule has 4 heteroatoms. The minimum Gasteiger partial charge on any atom is -0.380 e. The third-order valence-corrected chi connectivity index (χ3v) is 4.03. The van der Waals surface area contributed by atoms with Crippen LogP contribution in [0.25, 0.3) is 0 Å². The number of carbonyl (C=O) groups is 1. The van der Waals surface area contributed by atoms with E-state index in [2.05, 4.69) is 19.2 Å². The van der Waals surface area contributed by atoms with E-state index >= 15 is 0 Å². The third kappa shape index (κ3) is 5.91. The van der Waals surface area contributed by atoms with Gasteiger partial charge in [-0.15, -0.1) is 0 Å². The Morgan fingerprint density at radius 1 is 1.32 bits per heavy atom. The van der Waals surface area contributed by atoms with E-state index in [9.17, 15) is 4.79 Å². The Labute approximate surface area is 117 Å². The summed E-state index contributed by atoms with van der Waals surface area (Å²) in [6.45, 7) is 9.06. The Kier molecular flexibility index (Phi) is 7.39. The summed E-state index contributed by atoms with van der Waals surface area (Å²) in [6.07, 6.45) is 4.24. The van der Waals surface area contributed by atoms with Crippen LogP contribution in [0, 0.1) is 5.92 Å². The van der Waals surface area contributed by atoms with Crippen molar-refractivity contribution < 1.29 is 9.53 Å². The fourth-order valence-electron chi connectivity index (χ4n) is 2.59. The molecule has 0 bridgehead atoms. The molecule has 0 spiro atoms. The first kappa shape index (κ1) is 16.4. The Balaban J connectivity index is 2.38. The summed E-state index contributed by atoms with van der Waals surface area (Å²) in [5.41, 5.74) is 0. The van der Waals surface area contributed by atoms with E-state index in [0.717, 1.165) is 25.4 Å². The SMILES string of the molecule is COC(C)CN(C(=O)CCC1CCNCC1)C(C)C. The second-order valence-corrected chi connectivity index (χ2v) is 5.92. The fourth-order valence-corrected chi connectivity index (χ4v) is 2.59. The van der Waals surface area contributed by atoms with Crippen LogP contribution in [-0.2, 0) is 9.53 Å². The highest BCUT2D eigenvalue weighted by molar-refractivity contribution is 5.76. The normalized spacial score (nSPS) is 18.6. The van der Waals surface area contributed by atoms with Gasteiger partial charge in [0.05, 0.1) is 6.10 Å². The summed E-state index contributed by atoms with van der Waals surface area (Å²) < 4.78 is 5.27. The van der Waals surface area contributed by atoms with Gasteiger partial charge in [-0.2, -0.15) is 0 Å². The van der Waals surface area contributed by atoms with Crippen LogP contribution in [0.3, 0.4) is 0 Å². The van der Waals surface area contributed by atoms with Gasteiger partial charge in [0.25, 0.3) is 0 Å². The molecule has 19 heavy (non-hydrogen) atoms. The first-order valence-corrected chi connectivity index (χ1v) is 7.57. The van der Waals surface area contributed by atoms with E-state index in [1.807, 2.05) is 11.8 Å². The molecule has 1 rings (SSSR count). The average molecular weight is 270 g/mol. The number of hydrogen-bond acceptors (Lipinski definition) is 3. The molecule has 1 N–H and O–H groups in total. The maximum Gasteiger partial charge on any atom is 0.222 e. The molecule has 1 amide bonds. The number of nitrogens with one attached hydrogen (secondary N) is 1. The van der Waals surface area contributed by atoms with Crippen LogP contribution in [0.1, 0.15) is 46.5 Å². The molecule has 0 aromatic carbocycles. The molecule has 1 fully saturated rings. The predicted molar refractivity (Wildman–Crippen MR) is 78.1 cm³/mol. The number of amides is 1. The van der Waals surface area contributed by atoms with Crippen LogP contribution in [-0.4, -0.2) is 49.7 Å². The number of hydrogen-bond donors (Lipinski definition) is 1. The molecule has 0 radical (unpaired) electrons. The molecule has 0 aromatic heterocycles. The van der Waals surface area contributed by atoms with E-state index < -0.39 is 0 Å². The lowest BCUT2D eigenvalue weighted by molar-refractivity contribution is -0.135. The first-order chi connectivity index (χ1) is 9.04. The van der Waals surface area contributed by atoms with Gasteiger partial charge < -0.3 is 15.0 Å². The lowest BCUT2D eigenvalue weighted by Crippen LogP contribution is -2.42. The molecule has 112 valence electrons. The molecule has 1 saturated heterocycles. The van der Waals surface area contributed by atoms with Gasteiger partial charge in [-0.1, -0.05) is 0 Å². The van der Waals surface area contributed by atoms with E-state index in [4.69, 9.17) is 4.74 Å². The maximum absolute atomic E-state index is 12.3. The Bertz CT molecular complexity index is 263. The number of methoxy groups -OCH3 is 1. The lowest BCUT2D eigenvalue weighted by Gasteiger charge is -2.30. The molecule has 0 aliphatic carbocycles. The standard InChI is InChI=1S/C15H30N2O2/c1-12(2)17(11-13(3)19-4)15(18)6-5-14-7-9-16-10-8-14/h12-14,16H,5-11H2,1-4H3. The second-order valence-electron chi connectivity index (χ2n) is 5.92. The van der Waals surface area contributed by atoms with Crippen LogP contribution >= 0.6 is 0 Å². The van der Waals surface area contributed by atoms with Crippen molar-refractivity contribution in [2.45, 2.75) is 58.6 Å². The van der Waals surface area contributed by atoms with E-state index in [1.54, 1.807) is 7.11 Å². The van der Waals surface area contributed by atoms with E-state index in [1.165, 1.54) is 12.8 Å². The minimum absolute atomic E-state index is 0.102. The minimum atomic E-state index is 0.102. The zero-order valence-corrected chi connectivity index (χ0v) is 12.9. The smallest absolute Gasteiger partial charge is 0.222 e. The topological polar surface area (TPSA) is 41.6 Å². The fraction of sp³-hybridized carbons (Fsp3) is 0.933. The first-order valence-electron chi connectivity index (χ1n) is 7.57. The molecule has 1 aliphatic rings. The molecule has 0 saturated carbocycles. The quantitative estimate of drug-likeness (QED) is 0.770. The highest BCUT2D eigenvalue weighted by Gasteiger charge is 2.21. The zero-order chi connectivity index (χ0) is 14.3. The summed E-state index contributed by atoms with van der Waals surface area (Å²) in [7, 11) is 1.70. The summed E-state index contributed by atoms with van der Waals surface area (Å²) >= 11 is 0. The molecular weight excluding hydrogens is 240 g/mol. The molecule has 0 aromatic rings. The van der Waals surface area contributed by atoms with Crippen molar-refractivity contribution in [2.75, 3.05) is 26.7 Å².